The van der Waals surface area contributed by atoms with E-state index in [4.69, 9.17) is 11.3 Å². The molecule has 10 heavy (non-hydrogen) atoms. The maximum absolute atomic E-state index is 6.77. The Morgan fingerprint density at radius 2 is 2.30 bits per heavy atom. The zero-order chi connectivity index (χ0) is 7.56. The van der Waals surface area contributed by atoms with Crippen molar-refractivity contribution in [3.63, 3.8) is 0 Å². The van der Waals surface area contributed by atoms with E-state index in [2.05, 4.69) is 11.4 Å². The topological polar surface area (TPSA) is 13.6 Å². The zero-order valence-corrected chi connectivity index (χ0v) is 5.98. The van der Waals surface area contributed by atoms with Crippen LogP contribution in [0.15, 0.2) is 23.6 Å². The van der Waals surface area contributed by atoms with E-state index in [9.17, 15) is 0 Å². The fourth-order valence-electron chi connectivity index (χ4n) is 1.02. The molecular weight excluding hydrogens is 126 g/mol. The number of hydrogen-bond acceptors (Lipinski definition) is 1. The van der Waals surface area contributed by atoms with Crippen LogP contribution in [0.2, 0.25) is 0 Å². The summed E-state index contributed by atoms with van der Waals surface area (Å²) >= 11 is 0. The lowest BCUT2D eigenvalue weighted by atomic mass is 10.2. The minimum Gasteiger partial charge on any atom is -0.512 e. The Hall–Kier alpha value is -1.23. The predicted molar refractivity (Wildman–Crippen MR) is 39.0 cm³/mol. The van der Waals surface area contributed by atoms with Crippen LogP contribution in [-0.4, -0.2) is 7.11 Å². The smallest absolute Gasteiger partial charge is 0.206 e. The zero-order valence-electron chi connectivity index (χ0n) is 5.98. The molecule has 0 unspecified atom stereocenters. The van der Waals surface area contributed by atoms with Crippen molar-refractivity contribution in [1.82, 2.24) is 0 Å². The molecule has 52 valence electrons. The molecule has 0 saturated carbocycles. The normalized spacial score (nSPS) is 17.4. The van der Waals surface area contributed by atoms with Crippen LogP contribution in [0.5, 0.6) is 0 Å². The minimum absolute atomic E-state index is 0.701. The maximum atomic E-state index is 6.77. The highest BCUT2D eigenvalue weighted by molar-refractivity contribution is 5.32. The summed E-state index contributed by atoms with van der Waals surface area (Å²) in [5.41, 5.74) is 1.79. The molecule has 1 aliphatic rings. The first-order chi connectivity index (χ1) is 4.77. The van der Waals surface area contributed by atoms with Crippen molar-refractivity contribution >= 4 is 0 Å². The van der Waals surface area contributed by atoms with Gasteiger partial charge in [0, 0.05) is 12.8 Å². The molecule has 0 aliphatic heterocycles. The van der Waals surface area contributed by atoms with E-state index in [-0.39, 0.29) is 0 Å². The van der Waals surface area contributed by atoms with Crippen LogP contribution >= 0.6 is 0 Å². The van der Waals surface area contributed by atoms with Gasteiger partial charge in [-0.2, -0.15) is 0 Å². The first-order valence-electron chi connectivity index (χ1n) is 3.08. The Balaban J connectivity index is 2.83. The van der Waals surface area contributed by atoms with Crippen molar-refractivity contribution in [2.45, 2.75) is 12.8 Å². The van der Waals surface area contributed by atoms with E-state index < -0.39 is 0 Å². The fraction of sp³-hybridized carbons (Fsp3) is 0.375. The van der Waals surface area contributed by atoms with Gasteiger partial charge in [0.25, 0.3) is 0 Å². The average Bonchev–Trinajstić information content (AvgIpc) is 2.30. The molecule has 0 bridgehead atoms. The third-order valence-electron chi connectivity index (χ3n) is 1.53. The summed E-state index contributed by atoms with van der Waals surface area (Å²) in [6, 6.07) is 0. The summed E-state index contributed by atoms with van der Waals surface area (Å²) in [5, 5.41) is 0. The monoisotopic (exact) mass is 135 g/mol. The Bertz CT molecular complexity index is 232. The quantitative estimate of drug-likeness (QED) is 0.396. The fourth-order valence-corrected chi connectivity index (χ4v) is 1.02. The van der Waals surface area contributed by atoms with Crippen LogP contribution < -0.4 is 0 Å². The summed E-state index contributed by atoms with van der Waals surface area (Å²) < 4.78 is 4.99. The molecule has 0 heterocycles. The standard InChI is InChI=1S/C8H9NO/c1-6-4-7(9-2)8(5-6)10-3/h1,4-5H2,3H3. The van der Waals surface area contributed by atoms with Crippen LogP contribution in [0.1, 0.15) is 12.8 Å². The second kappa shape index (κ2) is 2.57. The number of hydrogen-bond donors (Lipinski definition) is 0. The molecule has 0 spiro atoms. The van der Waals surface area contributed by atoms with Gasteiger partial charge in [-0.3, -0.25) is 0 Å². The third-order valence-corrected chi connectivity index (χ3v) is 1.53. The Kier molecular flexibility index (Phi) is 1.77. The van der Waals surface area contributed by atoms with Crippen LogP contribution in [-0.2, 0) is 4.74 Å². The van der Waals surface area contributed by atoms with Gasteiger partial charge in [0.2, 0.25) is 5.70 Å². The second-order valence-corrected chi connectivity index (χ2v) is 2.29. The van der Waals surface area contributed by atoms with Crippen molar-refractivity contribution in [2.24, 2.45) is 0 Å². The van der Waals surface area contributed by atoms with Gasteiger partial charge in [0.05, 0.1) is 13.7 Å². The predicted octanol–water partition coefficient (Wildman–Crippen LogP) is 2.11. The van der Waals surface area contributed by atoms with Gasteiger partial charge in [-0.25, -0.2) is 4.85 Å². The van der Waals surface area contributed by atoms with E-state index in [1.165, 1.54) is 0 Å². The molecule has 0 saturated heterocycles. The second-order valence-electron chi connectivity index (χ2n) is 2.29. The Morgan fingerprint density at radius 3 is 2.70 bits per heavy atom. The van der Waals surface area contributed by atoms with E-state index in [1.54, 1.807) is 7.11 Å². The van der Waals surface area contributed by atoms with Crippen molar-refractivity contribution < 1.29 is 4.74 Å². The number of rotatable bonds is 1. The number of methoxy groups -OCH3 is 1. The molecule has 0 fully saturated rings. The summed E-state index contributed by atoms with van der Waals surface area (Å²) in [6.07, 6.45) is 1.45. The van der Waals surface area contributed by atoms with Gasteiger partial charge < -0.3 is 4.74 Å². The highest BCUT2D eigenvalue weighted by atomic mass is 16.5. The molecule has 1 rings (SSSR count). The average molecular weight is 135 g/mol. The Morgan fingerprint density at radius 1 is 1.60 bits per heavy atom. The summed E-state index contributed by atoms with van der Waals surface area (Å²) in [4.78, 5) is 3.33. The number of nitrogens with zero attached hydrogens (tertiary/aromatic N) is 1. The SMILES string of the molecule is [C-]#[N+]C1=C(OC)CC(=C)C1. The van der Waals surface area contributed by atoms with Gasteiger partial charge in [-0.15, -0.1) is 6.58 Å². The Labute approximate surface area is 60.6 Å². The minimum atomic E-state index is 0.701. The maximum Gasteiger partial charge on any atom is 0.206 e. The summed E-state index contributed by atoms with van der Waals surface area (Å²) in [5.74, 6) is 0.792. The molecule has 0 atom stereocenters. The molecular formula is C8H9NO. The molecule has 0 radical (unpaired) electrons. The largest absolute Gasteiger partial charge is 0.512 e. The van der Waals surface area contributed by atoms with E-state index in [0.29, 0.717) is 12.1 Å². The highest BCUT2D eigenvalue weighted by Crippen LogP contribution is 2.30. The van der Waals surface area contributed by atoms with Crippen LogP contribution in [0.25, 0.3) is 4.85 Å². The molecule has 2 heteroatoms. The van der Waals surface area contributed by atoms with Gasteiger partial charge in [0.15, 0.2) is 0 Å². The lowest BCUT2D eigenvalue weighted by molar-refractivity contribution is 0.284. The van der Waals surface area contributed by atoms with Gasteiger partial charge in [-0.1, -0.05) is 5.57 Å². The van der Waals surface area contributed by atoms with E-state index >= 15 is 0 Å². The highest BCUT2D eigenvalue weighted by Gasteiger charge is 2.17. The summed E-state index contributed by atoms with van der Waals surface area (Å²) in [6.45, 7) is 10.6. The number of allylic oxidation sites excluding steroid dienone is 2. The molecule has 1 aliphatic carbocycles. The number of ether oxygens (including phenoxy) is 1. The van der Waals surface area contributed by atoms with E-state index in [0.717, 1.165) is 17.8 Å². The van der Waals surface area contributed by atoms with Crippen molar-refractivity contribution in [3.8, 4) is 0 Å². The molecule has 0 aromatic carbocycles. The van der Waals surface area contributed by atoms with Crippen LogP contribution in [0.3, 0.4) is 0 Å². The van der Waals surface area contributed by atoms with Gasteiger partial charge in [-0.05, 0) is 0 Å². The molecule has 0 aromatic rings. The van der Waals surface area contributed by atoms with Crippen molar-refractivity contribution in [1.29, 1.82) is 0 Å². The van der Waals surface area contributed by atoms with Gasteiger partial charge >= 0.3 is 0 Å². The lowest BCUT2D eigenvalue weighted by Crippen LogP contribution is -1.81. The van der Waals surface area contributed by atoms with Crippen LogP contribution in [0.4, 0.5) is 0 Å². The van der Waals surface area contributed by atoms with Crippen molar-refractivity contribution in [2.75, 3.05) is 7.11 Å². The summed E-state index contributed by atoms with van der Waals surface area (Å²) in [7, 11) is 1.60. The molecule has 0 N–H and O–H groups in total. The lowest BCUT2D eigenvalue weighted by Gasteiger charge is -1.97. The first-order valence-corrected chi connectivity index (χ1v) is 3.08. The molecule has 2 nitrogen and oxygen atoms in total. The third kappa shape index (κ3) is 1.03. The van der Waals surface area contributed by atoms with E-state index in [1.807, 2.05) is 0 Å². The van der Waals surface area contributed by atoms with Crippen molar-refractivity contribution in [3.05, 3.63) is 35.0 Å². The van der Waals surface area contributed by atoms with Gasteiger partial charge in [0.1, 0.15) is 5.76 Å². The molecule has 0 amide bonds. The molecule has 0 aromatic heterocycles. The first kappa shape index (κ1) is 6.88. The van der Waals surface area contributed by atoms with Crippen LogP contribution in [0, 0.1) is 6.57 Å².